The smallest absolute Gasteiger partial charge is 0.255 e. The average Bonchev–Trinajstić information content (AvgIpc) is 3.32. The standard InChI is InChI=1S/C21H21ClN6O/c1-27-7-5-14(6-8-27)25-21(29)17-12-24-28-9-4-13(10-18(17)28)16-11-23-20-15(16)2-3-19(22)26-20/h2-4,9-12,14H,5-8H2,1H3,(H,23,26)(H,25,29). The summed E-state index contributed by atoms with van der Waals surface area (Å²) in [5.74, 6) is -0.0703. The number of hydrogen-bond acceptors (Lipinski definition) is 4. The molecule has 1 fully saturated rings. The molecule has 148 valence electrons. The van der Waals surface area contributed by atoms with Crippen molar-refractivity contribution in [1.82, 2.24) is 29.8 Å². The van der Waals surface area contributed by atoms with Crippen molar-refractivity contribution in [2.75, 3.05) is 20.1 Å². The molecule has 5 heterocycles. The first kappa shape index (κ1) is 18.1. The van der Waals surface area contributed by atoms with E-state index in [0.717, 1.165) is 53.6 Å². The van der Waals surface area contributed by atoms with Crippen LogP contribution in [-0.2, 0) is 0 Å². The maximum Gasteiger partial charge on any atom is 0.255 e. The summed E-state index contributed by atoms with van der Waals surface area (Å²) < 4.78 is 1.73. The van der Waals surface area contributed by atoms with E-state index in [0.29, 0.717) is 10.7 Å². The van der Waals surface area contributed by atoms with Gasteiger partial charge in [-0.3, -0.25) is 4.79 Å². The Morgan fingerprint density at radius 2 is 2.10 bits per heavy atom. The van der Waals surface area contributed by atoms with E-state index in [9.17, 15) is 4.79 Å². The Hall–Kier alpha value is -2.90. The van der Waals surface area contributed by atoms with Crippen LogP contribution in [0, 0.1) is 0 Å². The van der Waals surface area contributed by atoms with Crippen LogP contribution in [0.3, 0.4) is 0 Å². The fourth-order valence-electron chi connectivity index (χ4n) is 3.96. The number of hydrogen-bond donors (Lipinski definition) is 2. The maximum atomic E-state index is 12.9. The van der Waals surface area contributed by atoms with Gasteiger partial charge in [-0.05, 0) is 62.8 Å². The largest absolute Gasteiger partial charge is 0.349 e. The number of rotatable bonds is 3. The minimum Gasteiger partial charge on any atom is -0.349 e. The molecule has 5 rings (SSSR count). The molecular formula is C21H21ClN6O. The number of H-pyrrole nitrogens is 1. The van der Waals surface area contributed by atoms with Crippen molar-refractivity contribution in [3.8, 4) is 11.1 Å². The van der Waals surface area contributed by atoms with Gasteiger partial charge in [0.05, 0.1) is 17.3 Å². The molecule has 8 heteroatoms. The summed E-state index contributed by atoms with van der Waals surface area (Å²) >= 11 is 5.99. The van der Waals surface area contributed by atoms with E-state index in [2.05, 4.69) is 32.3 Å². The summed E-state index contributed by atoms with van der Waals surface area (Å²) in [5, 5.41) is 8.96. The minimum atomic E-state index is -0.0703. The number of carbonyl (C=O) groups is 1. The van der Waals surface area contributed by atoms with Crippen molar-refractivity contribution in [2.24, 2.45) is 0 Å². The van der Waals surface area contributed by atoms with Gasteiger partial charge in [0.2, 0.25) is 0 Å². The molecule has 0 aliphatic carbocycles. The number of aromatic nitrogens is 4. The zero-order valence-corrected chi connectivity index (χ0v) is 16.8. The van der Waals surface area contributed by atoms with E-state index in [1.165, 1.54) is 0 Å². The molecule has 0 saturated carbocycles. The fraction of sp³-hybridized carbons (Fsp3) is 0.286. The van der Waals surface area contributed by atoms with Gasteiger partial charge in [0.15, 0.2) is 0 Å². The van der Waals surface area contributed by atoms with Crippen molar-refractivity contribution in [2.45, 2.75) is 18.9 Å². The third-order valence-corrected chi connectivity index (χ3v) is 5.85. The van der Waals surface area contributed by atoms with Gasteiger partial charge in [-0.25, -0.2) is 9.50 Å². The molecule has 0 radical (unpaired) electrons. The van der Waals surface area contributed by atoms with Gasteiger partial charge in [-0.15, -0.1) is 0 Å². The Morgan fingerprint density at radius 1 is 1.28 bits per heavy atom. The fourth-order valence-corrected chi connectivity index (χ4v) is 4.11. The highest BCUT2D eigenvalue weighted by Crippen LogP contribution is 2.30. The monoisotopic (exact) mass is 408 g/mol. The van der Waals surface area contributed by atoms with Crippen molar-refractivity contribution in [1.29, 1.82) is 0 Å². The lowest BCUT2D eigenvalue weighted by Crippen LogP contribution is -2.43. The Kier molecular flexibility index (Phi) is 4.49. The lowest BCUT2D eigenvalue weighted by Gasteiger charge is -2.29. The highest BCUT2D eigenvalue weighted by Gasteiger charge is 2.21. The molecule has 1 aliphatic rings. The Labute approximate surface area is 172 Å². The number of carbonyl (C=O) groups excluding carboxylic acids is 1. The van der Waals surface area contributed by atoms with Gasteiger partial charge < -0.3 is 15.2 Å². The van der Waals surface area contributed by atoms with E-state index in [1.807, 2.05) is 30.6 Å². The molecule has 1 amide bonds. The molecule has 2 N–H and O–H groups in total. The second-order valence-electron chi connectivity index (χ2n) is 7.59. The minimum absolute atomic E-state index is 0.0703. The van der Waals surface area contributed by atoms with Crippen molar-refractivity contribution in [3.05, 3.63) is 53.6 Å². The van der Waals surface area contributed by atoms with E-state index >= 15 is 0 Å². The number of aromatic amines is 1. The molecule has 4 aromatic rings. The van der Waals surface area contributed by atoms with Gasteiger partial charge in [-0.2, -0.15) is 5.10 Å². The lowest BCUT2D eigenvalue weighted by molar-refractivity contribution is 0.0918. The summed E-state index contributed by atoms with van der Waals surface area (Å²) in [4.78, 5) is 22.7. The third kappa shape index (κ3) is 3.36. The number of piperidine rings is 1. The first-order valence-electron chi connectivity index (χ1n) is 9.69. The van der Waals surface area contributed by atoms with Crippen LogP contribution < -0.4 is 5.32 Å². The topological polar surface area (TPSA) is 78.3 Å². The van der Waals surface area contributed by atoms with Gasteiger partial charge in [0, 0.05) is 29.4 Å². The van der Waals surface area contributed by atoms with Gasteiger partial charge in [0.25, 0.3) is 5.91 Å². The maximum absolute atomic E-state index is 12.9. The summed E-state index contributed by atoms with van der Waals surface area (Å²) in [5.41, 5.74) is 4.10. The molecule has 0 aromatic carbocycles. The first-order valence-corrected chi connectivity index (χ1v) is 10.1. The molecule has 1 aliphatic heterocycles. The molecule has 0 spiro atoms. The quantitative estimate of drug-likeness (QED) is 0.509. The first-order chi connectivity index (χ1) is 14.1. The second kappa shape index (κ2) is 7.17. The zero-order valence-electron chi connectivity index (χ0n) is 16.0. The zero-order chi connectivity index (χ0) is 20.0. The van der Waals surface area contributed by atoms with Crippen molar-refractivity contribution < 1.29 is 4.79 Å². The van der Waals surface area contributed by atoms with Gasteiger partial charge in [0.1, 0.15) is 10.8 Å². The molecule has 4 aromatic heterocycles. The molecule has 29 heavy (non-hydrogen) atoms. The van der Waals surface area contributed by atoms with Crippen LogP contribution >= 0.6 is 11.6 Å². The highest BCUT2D eigenvalue weighted by atomic mass is 35.5. The predicted octanol–water partition coefficient (Wildman–Crippen LogP) is 3.36. The van der Waals surface area contributed by atoms with Crippen molar-refractivity contribution >= 4 is 34.1 Å². The normalized spacial score (nSPS) is 15.9. The van der Waals surface area contributed by atoms with Gasteiger partial charge >= 0.3 is 0 Å². The van der Waals surface area contributed by atoms with E-state index in [1.54, 1.807) is 16.8 Å². The van der Waals surface area contributed by atoms with Crippen LogP contribution in [-0.4, -0.2) is 56.6 Å². The number of halogens is 1. The Morgan fingerprint density at radius 3 is 2.93 bits per heavy atom. The van der Waals surface area contributed by atoms with E-state index in [-0.39, 0.29) is 11.9 Å². The number of likely N-dealkylation sites (tertiary alicyclic amines) is 1. The summed E-state index contributed by atoms with van der Waals surface area (Å²) in [6, 6.07) is 7.91. The summed E-state index contributed by atoms with van der Waals surface area (Å²) in [6.45, 7) is 2.00. The van der Waals surface area contributed by atoms with E-state index in [4.69, 9.17) is 11.6 Å². The van der Waals surface area contributed by atoms with Crippen LogP contribution in [0.4, 0.5) is 0 Å². The summed E-state index contributed by atoms with van der Waals surface area (Å²) in [7, 11) is 2.11. The molecule has 7 nitrogen and oxygen atoms in total. The van der Waals surface area contributed by atoms with Crippen LogP contribution in [0.25, 0.3) is 27.7 Å². The second-order valence-corrected chi connectivity index (χ2v) is 7.97. The molecule has 0 atom stereocenters. The van der Waals surface area contributed by atoms with Crippen LogP contribution in [0.1, 0.15) is 23.2 Å². The number of amides is 1. The SMILES string of the molecule is CN1CCC(NC(=O)c2cnn3ccc(-c4c[nH]c5nc(Cl)ccc45)cc23)CC1. The number of pyridine rings is 2. The van der Waals surface area contributed by atoms with Gasteiger partial charge in [-0.1, -0.05) is 11.6 Å². The van der Waals surface area contributed by atoms with Crippen LogP contribution in [0.2, 0.25) is 5.15 Å². The Balaban J connectivity index is 1.48. The average molecular weight is 409 g/mol. The van der Waals surface area contributed by atoms with Crippen LogP contribution in [0.5, 0.6) is 0 Å². The lowest BCUT2D eigenvalue weighted by atomic mass is 10.0. The number of nitrogens with zero attached hydrogens (tertiary/aromatic N) is 4. The summed E-state index contributed by atoms with van der Waals surface area (Å²) in [6.07, 6.45) is 7.36. The molecule has 0 bridgehead atoms. The molecular weight excluding hydrogens is 388 g/mol. The third-order valence-electron chi connectivity index (χ3n) is 5.64. The predicted molar refractivity (Wildman–Crippen MR) is 113 cm³/mol. The van der Waals surface area contributed by atoms with E-state index < -0.39 is 0 Å². The Bertz CT molecular complexity index is 1200. The number of fused-ring (bicyclic) bond motifs is 2. The molecule has 1 saturated heterocycles. The number of nitrogens with one attached hydrogen (secondary N) is 2. The van der Waals surface area contributed by atoms with Crippen LogP contribution in [0.15, 0.2) is 42.9 Å². The highest BCUT2D eigenvalue weighted by molar-refractivity contribution is 6.29. The molecule has 0 unspecified atom stereocenters. The van der Waals surface area contributed by atoms with Crippen molar-refractivity contribution in [3.63, 3.8) is 0 Å².